The van der Waals surface area contributed by atoms with Gasteiger partial charge in [0, 0.05) is 17.1 Å². The van der Waals surface area contributed by atoms with Crippen LogP contribution in [0.4, 0.5) is 0 Å². The molecule has 1 unspecified atom stereocenters. The van der Waals surface area contributed by atoms with Gasteiger partial charge >= 0.3 is 5.97 Å². The smallest absolute Gasteiger partial charge is 0.339 e. The average Bonchev–Trinajstić information content (AvgIpc) is 2.80. The van der Waals surface area contributed by atoms with Crippen LogP contribution in [0.1, 0.15) is 16.8 Å². The lowest BCUT2D eigenvalue weighted by Gasteiger charge is -2.14. The molecule has 1 aliphatic heterocycles. The Kier molecular flexibility index (Phi) is 3.98. The zero-order valence-corrected chi connectivity index (χ0v) is 11.3. The number of rotatable bonds is 4. The van der Waals surface area contributed by atoms with Crippen LogP contribution < -0.4 is 4.74 Å². The van der Waals surface area contributed by atoms with Gasteiger partial charge in [0.25, 0.3) is 9.05 Å². The van der Waals surface area contributed by atoms with E-state index in [0.717, 1.165) is 6.07 Å². The van der Waals surface area contributed by atoms with Gasteiger partial charge in [0.1, 0.15) is 17.4 Å². The van der Waals surface area contributed by atoms with Crippen molar-refractivity contribution in [2.24, 2.45) is 0 Å². The molecule has 6 nitrogen and oxygen atoms in total. The summed E-state index contributed by atoms with van der Waals surface area (Å²) in [5.41, 5.74) is -0.242. The lowest BCUT2D eigenvalue weighted by atomic mass is 10.2. The first kappa shape index (κ1) is 14.1. The molecule has 0 radical (unpaired) electrons. The molecule has 1 N–H and O–H groups in total. The molecular formula is C11H11ClO6S. The predicted octanol–water partition coefficient (Wildman–Crippen LogP) is 1.48. The molecule has 1 atom stereocenters. The van der Waals surface area contributed by atoms with Gasteiger partial charge in [-0.2, -0.15) is 0 Å². The van der Waals surface area contributed by atoms with Crippen LogP contribution in [0.25, 0.3) is 0 Å². The van der Waals surface area contributed by atoms with Gasteiger partial charge in [-0.3, -0.25) is 0 Å². The second kappa shape index (κ2) is 5.36. The number of halogens is 1. The molecule has 1 fully saturated rings. The van der Waals surface area contributed by atoms with Crippen molar-refractivity contribution in [1.82, 2.24) is 0 Å². The van der Waals surface area contributed by atoms with Crippen molar-refractivity contribution >= 4 is 25.7 Å². The Morgan fingerprint density at radius 3 is 2.74 bits per heavy atom. The van der Waals surface area contributed by atoms with Crippen LogP contribution in [0.3, 0.4) is 0 Å². The lowest BCUT2D eigenvalue weighted by molar-refractivity contribution is 0.0687. The minimum absolute atomic E-state index is 0.104. The molecule has 104 valence electrons. The minimum atomic E-state index is -3.97. The summed E-state index contributed by atoms with van der Waals surface area (Å²) in [5, 5.41) is 9.08. The van der Waals surface area contributed by atoms with Gasteiger partial charge in [0.05, 0.1) is 18.1 Å². The van der Waals surface area contributed by atoms with Gasteiger partial charge in [0.15, 0.2) is 0 Å². The van der Waals surface area contributed by atoms with Crippen molar-refractivity contribution in [3.8, 4) is 5.75 Å². The molecule has 0 bridgehead atoms. The summed E-state index contributed by atoms with van der Waals surface area (Å²) in [5.74, 6) is -1.18. The third kappa shape index (κ3) is 3.37. The van der Waals surface area contributed by atoms with Crippen molar-refractivity contribution in [3.05, 3.63) is 23.8 Å². The highest BCUT2D eigenvalue weighted by molar-refractivity contribution is 8.13. The van der Waals surface area contributed by atoms with Crippen molar-refractivity contribution in [3.63, 3.8) is 0 Å². The number of ether oxygens (including phenoxy) is 2. The van der Waals surface area contributed by atoms with Gasteiger partial charge in [-0.05, 0) is 18.2 Å². The summed E-state index contributed by atoms with van der Waals surface area (Å²) in [6, 6.07) is 3.48. The largest absolute Gasteiger partial charge is 0.487 e. The van der Waals surface area contributed by atoms with Gasteiger partial charge in [-0.25, -0.2) is 13.2 Å². The number of hydrogen-bond donors (Lipinski definition) is 1. The Morgan fingerprint density at radius 1 is 1.47 bits per heavy atom. The zero-order chi connectivity index (χ0) is 14.0. The molecule has 19 heavy (non-hydrogen) atoms. The van der Waals surface area contributed by atoms with E-state index in [9.17, 15) is 13.2 Å². The van der Waals surface area contributed by atoms with Crippen LogP contribution in [0.15, 0.2) is 23.1 Å². The molecule has 1 aliphatic rings. The number of carboxylic acids is 1. The lowest BCUT2D eigenvalue weighted by Crippen LogP contribution is -2.17. The second-order valence-electron chi connectivity index (χ2n) is 4.00. The van der Waals surface area contributed by atoms with Crippen molar-refractivity contribution < 1.29 is 27.8 Å². The number of carbonyl (C=O) groups is 1. The summed E-state index contributed by atoms with van der Waals surface area (Å²) in [6.45, 7) is 0.940. The summed E-state index contributed by atoms with van der Waals surface area (Å²) in [4.78, 5) is 10.8. The Hall–Kier alpha value is -1.31. The molecule has 0 aliphatic carbocycles. The van der Waals surface area contributed by atoms with Gasteiger partial charge < -0.3 is 14.6 Å². The second-order valence-corrected chi connectivity index (χ2v) is 6.57. The fourth-order valence-electron chi connectivity index (χ4n) is 1.72. The first-order valence-corrected chi connectivity index (χ1v) is 7.75. The number of hydrogen-bond acceptors (Lipinski definition) is 5. The maximum absolute atomic E-state index is 11.2. The molecule has 1 aromatic rings. The molecule has 2 rings (SSSR count). The topological polar surface area (TPSA) is 89.9 Å². The van der Waals surface area contributed by atoms with E-state index in [-0.39, 0.29) is 22.3 Å². The third-order valence-electron chi connectivity index (χ3n) is 2.64. The monoisotopic (exact) mass is 306 g/mol. The van der Waals surface area contributed by atoms with Crippen LogP contribution >= 0.6 is 10.7 Å². The van der Waals surface area contributed by atoms with E-state index >= 15 is 0 Å². The molecule has 0 spiro atoms. The van der Waals surface area contributed by atoms with Gasteiger partial charge in [-0.15, -0.1) is 0 Å². The molecule has 8 heteroatoms. The highest BCUT2D eigenvalue weighted by Crippen LogP contribution is 2.26. The van der Waals surface area contributed by atoms with Crippen molar-refractivity contribution in [2.75, 3.05) is 13.2 Å². The first-order chi connectivity index (χ1) is 8.88. The number of aromatic carboxylic acids is 1. The summed E-state index contributed by atoms with van der Waals surface area (Å²) in [6.07, 6.45) is 0.436. The summed E-state index contributed by atoms with van der Waals surface area (Å²) < 4.78 is 33.0. The van der Waals surface area contributed by atoms with Crippen LogP contribution in [0.5, 0.6) is 5.75 Å². The Labute approximate surface area is 114 Å². The van der Waals surface area contributed by atoms with Crippen LogP contribution in [-0.2, 0) is 13.8 Å². The van der Waals surface area contributed by atoms with E-state index in [1.165, 1.54) is 12.1 Å². The highest BCUT2D eigenvalue weighted by atomic mass is 35.7. The van der Waals surface area contributed by atoms with E-state index in [2.05, 4.69) is 0 Å². The summed E-state index contributed by atoms with van der Waals surface area (Å²) in [7, 11) is 1.20. The Bertz CT molecular complexity index is 591. The highest BCUT2D eigenvalue weighted by Gasteiger charge is 2.22. The van der Waals surface area contributed by atoms with E-state index in [1.54, 1.807) is 0 Å². The standard InChI is InChI=1S/C11H11ClO6S/c12-19(15,16)8-1-2-10(9(5-8)11(13)14)18-7-3-4-17-6-7/h1-2,5,7H,3-4,6H2,(H,13,14). The zero-order valence-electron chi connectivity index (χ0n) is 9.71. The molecule has 0 amide bonds. The van der Waals surface area contributed by atoms with E-state index in [1.807, 2.05) is 0 Å². The van der Waals surface area contributed by atoms with E-state index in [4.69, 9.17) is 25.3 Å². The quantitative estimate of drug-likeness (QED) is 0.847. The summed E-state index contributed by atoms with van der Waals surface area (Å²) >= 11 is 0. The maximum atomic E-state index is 11.2. The average molecular weight is 307 g/mol. The molecule has 0 aromatic heterocycles. The van der Waals surface area contributed by atoms with Crippen molar-refractivity contribution in [2.45, 2.75) is 17.4 Å². The number of carboxylic acid groups (broad SMARTS) is 1. The molecule has 1 saturated heterocycles. The van der Waals surface area contributed by atoms with Crippen LogP contribution in [-0.4, -0.2) is 38.8 Å². The Balaban J connectivity index is 2.35. The molecule has 1 heterocycles. The molecule has 0 saturated carbocycles. The fraction of sp³-hybridized carbons (Fsp3) is 0.364. The van der Waals surface area contributed by atoms with Crippen LogP contribution in [0.2, 0.25) is 0 Å². The fourth-order valence-corrected chi connectivity index (χ4v) is 2.49. The van der Waals surface area contributed by atoms with Crippen LogP contribution in [0, 0.1) is 0 Å². The molecular weight excluding hydrogens is 296 g/mol. The SMILES string of the molecule is O=C(O)c1cc(S(=O)(=O)Cl)ccc1OC1CCOC1. The van der Waals surface area contributed by atoms with E-state index < -0.39 is 15.0 Å². The molecule has 1 aromatic carbocycles. The third-order valence-corrected chi connectivity index (χ3v) is 4.00. The van der Waals surface area contributed by atoms with Crippen molar-refractivity contribution in [1.29, 1.82) is 0 Å². The number of benzene rings is 1. The minimum Gasteiger partial charge on any atom is -0.487 e. The van der Waals surface area contributed by atoms with Gasteiger partial charge in [-0.1, -0.05) is 0 Å². The normalized spacial score (nSPS) is 19.3. The first-order valence-electron chi connectivity index (χ1n) is 5.44. The van der Waals surface area contributed by atoms with Gasteiger partial charge in [0.2, 0.25) is 0 Å². The maximum Gasteiger partial charge on any atom is 0.339 e. The predicted molar refractivity (Wildman–Crippen MR) is 66.3 cm³/mol. The van der Waals surface area contributed by atoms with E-state index in [0.29, 0.717) is 19.6 Å². The Morgan fingerprint density at radius 2 is 2.21 bits per heavy atom.